The van der Waals surface area contributed by atoms with Gasteiger partial charge in [-0.25, -0.2) is 0 Å². The number of carbonyl (C=O) groups is 2. The van der Waals surface area contributed by atoms with Gasteiger partial charge in [-0.15, -0.1) is 0 Å². The van der Waals surface area contributed by atoms with Crippen LogP contribution in [0.5, 0.6) is 11.5 Å². The van der Waals surface area contributed by atoms with E-state index in [1.165, 1.54) is 20.3 Å². The summed E-state index contributed by atoms with van der Waals surface area (Å²) < 4.78 is 9.97. The Morgan fingerprint density at radius 3 is 2.39 bits per heavy atom. The number of nitrogens with zero attached hydrogens (tertiary/aromatic N) is 2. The van der Waals surface area contributed by atoms with E-state index in [2.05, 4.69) is 0 Å². The normalized spacial score (nSPS) is 10.0. The topological polar surface area (TPSA) is 119 Å². The van der Waals surface area contributed by atoms with Crippen LogP contribution in [-0.4, -0.2) is 54.1 Å². The van der Waals surface area contributed by atoms with Gasteiger partial charge in [0.25, 0.3) is 5.91 Å². The van der Waals surface area contributed by atoms with Crippen molar-refractivity contribution in [1.29, 1.82) is 0 Å². The zero-order valence-corrected chi connectivity index (χ0v) is 13.1. The highest BCUT2D eigenvalue weighted by molar-refractivity contribution is 5.97. The third-order valence-corrected chi connectivity index (χ3v) is 3.01. The highest BCUT2D eigenvalue weighted by Gasteiger charge is 2.26. The van der Waals surface area contributed by atoms with Crippen molar-refractivity contribution in [2.45, 2.75) is 13.3 Å². The number of benzene rings is 1. The predicted octanol–water partition coefficient (Wildman–Crippen LogP) is 1.55. The molecule has 0 heterocycles. The smallest absolute Gasteiger partial charge is 0.323 e. The number of nitro groups is 1. The van der Waals surface area contributed by atoms with Crippen LogP contribution in [0.3, 0.4) is 0 Å². The Kier molecular flexibility index (Phi) is 6.31. The van der Waals surface area contributed by atoms with E-state index in [4.69, 9.17) is 14.6 Å². The van der Waals surface area contributed by atoms with Crippen molar-refractivity contribution in [2.24, 2.45) is 0 Å². The second kappa shape index (κ2) is 7.97. The number of methoxy groups -OCH3 is 2. The maximum absolute atomic E-state index is 12.5. The lowest BCUT2D eigenvalue weighted by molar-refractivity contribution is -0.385. The first-order valence-corrected chi connectivity index (χ1v) is 6.77. The minimum Gasteiger partial charge on any atom is -0.493 e. The average molecular weight is 326 g/mol. The molecule has 0 spiro atoms. The number of carboxylic acid groups (broad SMARTS) is 1. The van der Waals surface area contributed by atoms with Gasteiger partial charge >= 0.3 is 11.7 Å². The first-order valence-electron chi connectivity index (χ1n) is 6.77. The molecule has 0 aromatic heterocycles. The van der Waals surface area contributed by atoms with E-state index < -0.39 is 29.0 Å². The van der Waals surface area contributed by atoms with Gasteiger partial charge in [-0.2, -0.15) is 0 Å². The number of nitro benzene ring substituents is 1. The Morgan fingerprint density at radius 1 is 1.30 bits per heavy atom. The average Bonchev–Trinajstić information content (AvgIpc) is 2.51. The Morgan fingerprint density at radius 2 is 1.96 bits per heavy atom. The van der Waals surface area contributed by atoms with Crippen LogP contribution in [0.2, 0.25) is 0 Å². The molecule has 0 aliphatic carbocycles. The predicted molar refractivity (Wildman–Crippen MR) is 80.0 cm³/mol. The second-order valence-corrected chi connectivity index (χ2v) is 4.61. The molecule has 0 atom stereocenters. The first-order chi connectivity index (χ1) is 10.8. The molecule has 0 fully saturated rings. The van der Waals surface area contributed by atoms with E-state index in [0.29, 0.717) is 6.42 Å². The van der Waals surface area contributed by atoms with Gasteiger partial charge in [0, 0.05) is 12.6 Å². The molecule has 0 aliphatic heterocycles. The number of amides is 1. The molecule has 0 aliphatic rings. The summed E-state index contributed by atoms with van der Waals surface area (Å²) in [6.45, 7) is 1.52. The molecule has 0 unspecified atom stereocenters. The van der Waals surface area contributed by atoms with Crippen LogP contribution in [-0.2, 0) is 4.79 Å². The van der Waals surface area contributed by atoms with E-state index in [9.17, 15) is 19.7 Å². The lowest BCUT2D eigenvalue weighted by atomic mass is 10.1. The number of hydrogen-bond acceptors (Lipinski definition) is 6. The highest BCUT2D eigenvalue weighted by Crippen LogP contribution is 2.38. The van der Waals surface area contributed by atoms with Crippen LogP contribution in [0.25, 0.3) is 0 Å². The Balaban J connectivity index is 3.34. The van der Waals surface area contributed by atoms with Crippen molar-refractivity contribution >= 4 is 17.6 Å². The van der Waals surface area contributed by atoms with Crippen molar-refractivity contribution in [3.63, 3.8) is 0 Å². The van der Waals surface area contributed by atoms with Crippen LogP contribution >= 0.6 is 0 Å². The number of carbonyl (C=O) groups excluding carboxylic acids is 1. The van der Waals surface area contributed by atoms with Gasteiger partial charge in [0.1, 0.15) is 6.54 Å². The summed E-state index contributed by atoms with van der Waals surface area (Å²) in [6.07, 6.45) is 0.550. The van der Waals surface area contributed by atoms with Crippen LogP contribution < -0.4 is 9.47 Å². The highest BCUT2D eigenvalue weighted by atomic mass is 16.6. The van der Waals surface area contributed by atoms with Gasteiger partial charge in [0.15, 0.2) is 5.75 Å². The first kappa shape index (κ1) is 18.2. The summed E-state index contributed by atoms with van der Waals surface area (Å²) in [5, 5.41) is 20.0. The second-order valence-electron chi connectivity index (χ2n) is 4.61. The molecule has 1 aromatic rings. The molecule has 1 aromatic carbocycles. The number of hydrogen-bond donors (Lipinski definition) is 1. The van der Waals surface area contributed by atoms with Gasteiger partial charge in [-0.05, 0) is 12.5 Å². The standard InChI is InChI=1S/C14H18N2O7/c1-4-5-15(8-12(17)18)14(19)9-6-10(16(20)21)13(23-3)11(7-9)22-2/h6-7H,4-5,8H2,1-3H3,(H,17,18). The fourth-order valence-electron chi connectivity index (χ4n) is 2.07. The van der Waals surface area contributed by atoms with Gasteiger partial charge < -0.3 is 19.5 Å². The van der Waals surface area contributed by atoms with Crippen molar-refractivity contribution in [2.75, 3.05) is 27.3 Å². The molecule has 1 amide bonds. The lowest BCUT2D eigenvalue weighted by Crippen LogP contribution is -2.36. The fourth-order valence-corrected chi connectivity index (χ4v) is 2.07. The van der Waals surface area contributed by atoms with Crippen LogP contribution in [0.15, 0.2) is 12.1 Å². The zero-order chi connectivity index (χ0) is 17.6. The molecule has 0 bridgehead atoms. The summed E-state index contributed by atoms with van der Waals surface area (Å²) in [7, 11) is 2.54. The van der Waals surface area contributed by atoms with E-state index in [0.717, 1.165) is 11.0 Å². The molecule has 9 nitrogen and oxygen atoms in total. The van der Waals surface area contributed by atoms with Crippen LogP contribution in [0, 0.1) is 10.1 Å². The van der Waals surface area contributed by atoms with Crippen molar-refractivity contribution < 1.29 is 29.1 Å². The Hall–Kier alpha value is -2.84. The number of carboxylic acids is 1. The lowest BCUT2D eigenvalue weighted by Gasteiger charge is -2.20. The van der Waals surface area contributed by atoms with Crippen molar-refractivity contribution in [1.82, 2.24) is 4.90 Å². The molecule has 1 N–H and O–H groups in total. The van der Waals surface area contributed by atoms with E-state index in [-0.39, 0.29) is 23.6 Å². The number of aliphatic carboxylic acids is 1. The van der Waals surface area contributed by atoms with Gasteiger partial charge in [0.05, 0.1) is 24.7 Å². The summed E-state index contributed by atoms with van der Waals surface area (Å²) >= 11 is 0. The Bertz CT molecular complexity index is 615. The maximum atomic E-state index is 12.5. The Labute approximate surface area is 132 Å². The quantitative estimate of drug-likeness (QED) is 0.568. The third kappa shape index (κ3) is 4.31. The van der Waals surface area contributed by atoms with Gasteiger partial charge in [-0.1, -0.05) is 6.92 Å². The third-order valence-electron chi connectivity index (χ3n) is 3.01. The van der Waals surface area contributed by atoms with Crippen molar-refractivity contribution in [3.8, 4) is 11.5 Å². The molecular weight excluding hydrogens is 308 g/mol. The molecule has 0 radical (unpaired) electrons. The summed E-state index contributed by atoms with van der Waals surface area (Å²) in [6, 6.07) is 2.34. The fraction of sp³-hybridized carbons (Fsp3) is 0.429. The van der Waals surface area contributed by atoms with Crippen molar-refractivity contribution in [3.05, 3.63) is 27.8 Å². The molecule has 0 saturated carbocycles. The molecule has 23 heavy (non-hydrogen) atoms. The zero-order valence-electron chi connectivity index (χ0n) is 13.1. The summed E-state index contributed by atoms with van der Waals surface area (Å²) in [5.41, 5.74) is -0.467. The maximum Gasteiger partial charge on any atom is 0.323 e. The van der Waals surface area contributed by atoms with Crippen LogP contribution in [0.1, 0.15) is 23.7 Å². The minimum atomic E-state index is -1.17. The monoisotopic (exact) mass is 326 g/mol. The largest absolute Gasteiger partial charge is 0.493 e. The summed E-state index contributed by atoms with van der Waals surface area (Å²) in [4.78, 5) is 34.9. The SMILES string of the molecule is CCCN(CC(=O)O)C(=O)c1cc(OC)c(OC)c([N+](=O)[O-])c1. The van der Waals surface area contributed by atoms with E-state index in [1.807, 2.05) is 0 Å². The molecular formula is C14H18N2O7. The van der Waals surface area contributed by atoms with E-state index >= 15 is 0 Å². The number of ether oxygens (including phenoxy) is 2. The van der Waals surface area contributed by atoms with E-state index in [1.54, 1.807) is 6.92 Å². The van der Waals surface area contributed by atoms with Crippen LogP contribution in [0.4, 0.5) is 5.69 Å². The minimum absolute atomic E-state index is 0.0248. The molecule has 1 rings (SSSR count). The van der Waals surface area contributed by atoms with Gasteiger partial charge in [-0.3, -0.25) is 19.7 Å². The van der Waals surface area contributed by atoms with Gasteiger partial charge in [0.2, 0.25) is 5.75 Å². The number of rotatable bonds is 8. The summed E-state index contributed by atoms with van der Waals surface area (Å²) in [5.74, 6) is -1.87. The molecule has 126 valence electrons. The molecule has 0 saturated heterocycles. The molecule has 9 heteroatoms.